The molecule has 1 aliphatic rings. The number of ether oxygens (including phenoxy) is 1. The number of nitrogens with zero attached hydrogens (tertiary/aromatic N) is 3. The van der Waals surface area contributed by atoms with E-state index in [9.17, 15) is 9.59 Å². The summed E-state index contributed by atoms with van der Waals surface area (Å²) in [7, 11) is 3.34. The number of aryl methyl sites for hydroxylation is 2. The van der Waals surface area contributed by atoms with E-state index in [2.05, 4.69) is 4.98 Å². The van der Waals surface area contributed by atoms with E-state index in [0.29, 0.717) is 32.8 Å². The molecule has 0 bridgehead atoms. The van der Waals surface area contributed by atoms with Crippen molar-refractivity contribution in [1.29, 1.82) is 0 Å². The van der Waals surface area contributed by atoms with Gasteiger partial charge in [0.05, 0.1) is 17.9 Å². The molecule has 1 atom stereocenters. The van der Waals surface area contributed by atoms with Gasteiger partial charge in [-0.1, -0.05) is 12.1 Å². The van der Waals surface area contributed by atoms with E-state index in [0.717, 1.165) is 5.76 Å². The molecule has 0 aliphatic carbocycles. The fraction of sp³-hybridized carbons (Fsp3) is 0.286. The lowest BCUT2D eigenvalue weighted by Crippen LogP contribution is -2.50. The smallest absolute Gasteiger partial charge is 0.270 e. The Labute approximate surface area is 172 Å². The van der Waals surface area contributed by atoms with Crippen LogP contribution in [0.3, 0.4) is 0 Å². The van der Waals surface area contributed by atoms with Gasteiger partial charge in [0.1, 0.15) is 16.4 Å². The van der Waals surface area contributed by atoms with Crippen LogP contribution in [0.2, 0.25) is 0 Å². The number of carbonyl (C=O) groups excluding carboxylic acids is 2. The van der Waals surface area contributed by atoms with Gasteiger partial charge in [-0.3, -0.25) is 14.5 Å². The second-order valence-corrected chi connectivity index (χ2v) is 8.07. The van der Waals surface area contributed by atoms with Gasteiger partial charge in [-0.25, -0.2) is 4.98 Å². The third-order valence-electron chi connectivity index (χ3n) is 4.68. The fourth-order valence-electron chi connectivity index (χ4n) is 3.22. The lowest BCUT2D eigenvalue weighted by atomic mass is 10.1. The normalized spacial score (nSPS) is 15.6. The summed E-state index contributed by atoms with van der Waals surface area (Å²) < 4.78 is 11.5. The summed E-state index contributed by atoms with van der Waals surface area (Å²) in [4.78, 5) is 34.1. The summed E-state index contributed by atoms with van der Waals surface area (Å²) in [6, 6.07) is 10.9. The van der Waals surface area contributed by atoms with Crippen molar-refractivity contribution in [2.24, 2.45) is 0 Å². The van der Waals surface area contributed by atoms with E-state index >= 15 is 0 Å². The van der Waals surface area contributed by atoms with Gasteiger partial charge in [0.25, 0.3) is 11.8 Å². The highest BCUT2D eigenvalue weighted by Gasteiger charge is 2.36. The van der Waals surface area contributed by atoms with E-state index < -0.39 is 6.10 Å². The standard InChI is InChI=1S/C21H21N3O4S/c1-12-9-10-16(27-12)19-22-13(2)18(29-19)21(26)24-11-17(20(25)23(3)4)28-15-8-6-5-7-14(15)24/h5-10,17H,11H2,1-4H3/t17-/m1/s1. The van der Waals surface area contributed by atoms with Crippen LogP contribution in [0.15, 0.2) is 40.8 Å². The van der Waals surface area contributed by atoms with Crippen molar-refractivity contribution in [3.05, 3.63) is 52.7 Å². The molecule has 0 unspecified atom stereocenters. The van der Waals surface area contributed by atoms with E-state index in [1.54, 1.807) is 32.0 Å². The van der Waals surface area contributed by atoms with Crippen molar-refractivity contribution in [1.82, 2.24) is 9.88 Å². The van der Waals surface area contributed by atoms with Crippen molar-refractivity contribution in [3.8, 4) is 16.5 Å². The molecule has 2 aromatic heterocycles. The molecular formula is C21H21N3O4S. The lowest BCUT2D eigenvalue weighted by molar-refractivity contribution is -0.135. The van der Waals surface area contributed by atoms with Crippen LogP contribution in [0.4, 0.5) is 5.69 Å². The van der Waals surface area contributed by atoms with Crippen molar-refractivity contribution >= 4 is 28.8 Å². The highest BCUT2D eigenvalue weighted by Crippen LogP contribution is 2.36. The number of para-hydroxylation sites is 2. The van der Waals surface area contributed by atoms with Crippen molar-refractivity contribution < 1.29 is 18.7 Å². The van der Waals surface area contributed by atoms with Gasteiger partial charge in [0.2, 0.25) is 0 Å². The molecule has 7 nitrogen and oxygen atoms in total. The van der Waals surface area contributed by atoms with Crippen molar-refractivity contribution in [2.75, 3.05) is 25.5 Å². The SMILES string of the molecule is Cc1ccc(-c2nc(C)c(C(=O)N3C[C@H](C(=O)N(C)C)Oc4ccccc43)s2)o1. The maximum absolute atomic E-state index is 13.5. The number of likely N-dealkylation sites (N-methyl/N-ethyl adjacent to an activating group) is 1. The van der Waals surface area contributed by atoms with Gasteiger partial charge < -0.3 is 14.1 Å². The number of rotatable bonds is 3. The zero-order chi connectivity index (χ0) is 20.7. The maximum atomic E-state index is 13.5. The quantitative estimate of drug-likeness (QED) is 0.659. The molecule has 0 N–H and O–H groups in total. The van der Waals surface area contributed by atoms with Gasteiger partial charge in [-0.05, 0) is 38.1 Å². The highest BCUT2D eigenvalue weighted by molar-refractivity contribution is 7.17. The zero-order valence-electron chi connectivity index (χ0n) is 16.6. The minimum Gasteiger partial charge on any atom is -0.476 e. The Bertz CT molecular complexity index is 1090. The Hall–Kier alpha value is -3.13. The second-order valence-electron chi connectivity index (χ2n) is 7.07. The van der Waals surface area contributed by atoms with E-state index in [4.69, 9.17) is 9.15 Å². The first kappa shape index (κ1) is 19.2. The average molecular weight is 411 g/mol. The molecule has 0 fully saturated rings. The van der Waals surface area contributed by atoms with Crippen LogP contribution in [0.1, 0.15) is 21.1 Å². The van der Waals surface area contributed by atoms with Crippen LogP contribution in [-0.2, 0) is 4.79 Å². The molecule has 0 saturated carbocycles. The highest BCUT2D eigenvalue weighted by atomic mass is 32.1. The molecule has 29 heavy (non-hydrogen) atoms. The molecule has 150 valence electrons. The molecule has 1 aromatic carbocycles. The number of furan rings is 1. The van der Waals surface area contributed by atoms with Gasteiger partial charge >= 0.3 is 0 Å². The maximum Gasteiger partial charge on any atom is 0.270 e. The molecule has 3 aromatic rings. The van der Waals surface area contributed by atoms with Crippen LogP contribution in [0.25, 0.3) is 10.8 Å². The number of fused-ring (bicyclic) bond motifs is 1. The number of anilines is 1. The van der Waals surface area contributed by atoms with Crippen LogP contribution < -0.4 is 9.64 Å². The molecule has 0 radical (unpaired) electrons. The van der Waals surface area contributed by atoms with Crippen LogP contribution in [-0.4, -0.2) is 48.4 Å². The monoisotopic (exact) mass is 411 g/mol. The molecular weight excluding hydrogens is 390 g/mol. The summed E-state index contributed by atoms with van der Waals surface area (Å²) in [6.45, 7) is 3.81. The topological polar surface area (TPSA) is 75.9 Å². The van der Waals surface area contributed by atoms with Crippen molar-refractivity contribution in [3.63, 3.8) is 0 Å². The first-order chi connectivity index (χ1) is 13.8. The predicted molar refractivity (Wildman–Crippen MR) is 111 cm³/mol. The Morgan fingerprint density at radius 3 is 2.62 bits per heavy atom. The Morgan fingerprint density at radius 2 is 1.93 bits per heavy atom. The van der Waals surface area contributed by atoms with Crippen molar-refractivity contribution in [2.45, 2.75) is 20.0 Å². The lowest BCUT2D eigenvalue weighted by Gasteiger charge is -2.34. The minimum atomic E-state index is -0.760. The summed E-state index contributed by atoms with van der Waals surface area (Å²) in [5, 5.41) is 0.654. The number of hydrogen-bond acceptors (Lipinski definition) is 6. The molecule has 1 aliphatic heterocycles. The number of aromatic nitrogens is 1. The van der Waals surface area contributed by atoms with Crippen LogP contribution >= 0.6 is 11.3 Å². The molecule has 4 rings (SSSR count). The van der Waals surface area contributed by atoms with Gasteiger partial charge in [-0.15, -0.1) is 11.3 Å². The zero-order valence-corrected chi connectivity index (χ0v) is 17.4. The number of carbonyl (C=O) groups is 2. The summed E-state index contributed by atoms with van der Waals surface area (Å²) in [6.07, 6.45) is -0.760. The van der Waals surface area contributed by atoms with E-state index in [1.165, 1.54) is 16.2 Å². The molecule has 0 saturated heterocycles. The molecule has 3 heterocycles. The Kier molecular flexibility index (Phi) is 4.87. The third kappa shape index (κ3) is 3.51. The minimum absolute atomic E-state index is 0.138. The van der Waals surface area contributed by atoms with Gasteiger partial charge in [0.15, 0.2) is 16.9 Å². The first-order valence-electron chi connectivity index (χ1n) is 9.18. The summed E-state index contributed by atoms with van der Waals surface area (Å²) >= 11 is 1.29. The summed E-state index contributed by atoms with van der Waals surface area (Å²) in [5.74, 6) is 1.54. The van der Waals surface area contributed by atoms with Crippen LogP contribution in [0.5, 0.6) is 5.75 Å². The van der Waals surface area contributed by atoms with E-state index in [1.807, 2.05) is 37.3 Å². The van der Waals surface area contributed by atoms with E-state index in [-0.39, 0.29) is 18.4 Å². The van der Waals surface area contributed by atoms with Gasteiger partial charge in [0, 0.05) is 14.1 Å². The predicted octanol–water partition coefficient (Wildman–Crippen LogP) is 3.52. The average Bonchev–Trinajstić information content (AvgIpc) is 3.31. The third-order valence-corrected chi connectivity index (χ3v) is 5.84. The number of thiazole rings is 1. The molecule has 2 amide bonds. The number of hydrogen-bond donors (Lipinski definition) is 0. The summed E-state index contributed by atoms with van der Waals surface area (Å²) in [5.41, 5.74) is 1.27. The Balaban J connectivity index is 1.70. The fourth-order valence-corrected chi connectivity index (χ4v) is 4.19. The molecule has 0 spiro atoms. The second kappa shape index (κ2) is 7.36. The first-order valence-corrected chi connectivity index (χ1v) is 9.99. The van der Waals surface area contributed by atoms with Crippen LogP contribution in [0, 0.1) is 13.8 Å². The van der Waals surface area contributed by atoms with Gasteiger partial charge in [-0.2, -0.15) is 0 Å². The Morgan fingerprint density at radius 1 is 1.17 bits per heavy atom. The number of benzene rings is 1. The molecule has 8 heteroatoms. The number of amides is 2. The largest absolute Gasteiger partial charge is 0.476 e.